The van der Waals surface area contributed by atoms with Crippen LogP contribution in [0, 0.1) is 11.3 Å². The second-order valence-electron chi connectivity index (χ2n) is 4.33. The van der Waals surface area contributed by atoms with E-state index in [-0.39, 0.29) is 6.61 Å². The summed E-state index contributed by atoms with van der Waals surface area (Å²) in [5, 5.41) is 18.4. The molecule has 0 atom stereocenters. The Bertz CT molecular complexity index is 608. The van der Waals surface area contributed by atoms with E-state index in [0.29, 0.717) is 13.0 Å². The smallest absolute Gasteiger partial charge is 0.0702 e. The maximum absolute atomic E-state index is 9.55. The van der Waals surface area contributed by atoms with Gasteiger partial charge in [-0.05, 0) is 30.3 Å². The fourth-order valence-corrected chi connectivity index (χ4v) is 2.51. The summed E-state index contributed by atoms with van der Waals surface area (Å²) in [6.45, 7) is 0.555. The molecule has 0 saturated heterocycles. The van der Waals surface area contributed by atoms with Crippen LogP contribution in [0.4, 0.5) is 11.4 Å². The third kappa shape index (κ3) is 3.38. The van der Waals surface area contributed by atoms with Crippen molar-refractivity contribution in [1.29, 1.82) is 5.26 Å². The molecule has 2 rings (SSSR count). The molecular formula is C16H15BrN2O. The predicted octanol–water partition coefficient (Wildman–Crippen LogP) is 3.99. The average Bonchev–Trinajstić information content (AvgIpc) is 2.49. The van der Waals surface area contributed by atoms with E-state index in [4.69, 9.17) is 5.26 Å². The van der Waals surface area contributed by atoms with Gasteiger partial charge in [-0.3, -0.25) is 0 Å². The molecule has 0 heterocycles. The quantitative estimate of drug-likeness (QED) is 0.901. The SMILES string of the molecule is N#CCCN(c1ccccc1)c1ccc(Br)cc1CO. The number of para-hydroxylation sites is 1. The van der Waals surface area contributed by atoms with Crippen LogP contribution < -0.4 is 4.90 Å². The summed E-state index contributed by atoms with van der Waals surface area (Å²) >= 11 is 3.41. The standard InChI is InChI=1S/C16H15BrN2O/c17-14-7-8-16(13(11-14)12-20)19(10-4-9-18)15-5-2-1-3-6-15/h1-3,5-8,11,20H,4,10,12H2. The third-order valence-electron chi connectivity index (χ3n) is 3.02. The summed E-state index contributed by atoms with van der Waals surface area (Å²) in [6, 6.07) is 17.9. The molecule has 0 aliphatic rings. The van der Waals surface area contributed by atoms with Gasteiger partial charge in [0.05, 0.1) is 19.1 Å². The first-order valence-electron chi connectivity index (χ1n) is 6.35. The molecule has 20 heavy (non-hydrogen) atoms. The van der Waals surface area contributed by atoms with Crippen molar-refractivity contribution in [2.45, 2.75) is 13.0 Å². The second kappa shape index (κ2) is 7.09. The van der Waals surface area contributed by atoms with E-state index >= 15 is 0 Å². The maximum atomic E-state index is 9.55. The van der Waals surface area contributed by atoms with Gasteiger partial charge in [0.15, 0.2) is 0 Å². The molecular weight excluding hydrogens is 316 g/mol. The fourth-order valence-electron chi connectivity index (χ4n) is 2.10. The first kappa shape index (κ1) is 14.6. The van der Waals surface area contributed by atoms with Crippen molar-refractivity contribution in [2.75, 3.05) is 11.4 Å². The first-order chi connectivity index (χ1) is 9.76. The number of aliphatic hydroxyl groups is 1. The minimum atomic E-state index is -0.0370. The molecule has 4 heteroatoms. The van der Waals surface area contributed by atoms with E-state index < -0.39 is 0 Å². The Morgan fingerprint density at radius 1 is 1.15 bits per heavy atom. The number of benzene rings is 2. The summed E-state index contributed by atoms with van der Waals surface area (Å²) in [6.07, 6.45) is 0.426. The van der Waals surface area contributed by atoms with Crippen LogP contribution in [-0.2, 0) is 6.61 Å². The number of rotatable bonds is 5. The van der Waals surface area contributed by atoms with E-state index in [0.717, 1.165) is 21.4 Å². The van der Waals surface area contributed by atoms with E-state index in [9.17, 15) is 5.11 Å². The molecule has 0 aromatic heterocycles. The minimum absolute atomic E-state index is 0.0370. The van der Waals surface area contributed by atoms with Gasteiger partial charge in [-0.2, -0.15) is 5.26 Å². The van der Waals surface area contributed by atoms with Crippen molar-refractivity contribution >= 4 is 27.3 Å². The molecule has 102 valence electrons. The Labute approximate surface area is 127 Å². The molecule has 2 aromatic rings. The van der Waals surface area contributed by atoms with Gasteiger partial charge in [-0.15, -0.1) is 0 Å². The lowest BCUT2D eigenvalue weighted by Gasteiger charge is -2.26. The van der Waals surface area contributed by atoms with Crippen molar-refractivity contribution in [3.05, 3.63) is 58.6 Å². The van der Waals surface area contributed by atoms with Crippen LogP contribution in [-0.4, -0.2) is 11.7 Å². The van der Waals surface area contributed by atoms with Crippen molar-refractivity contribution in [2.24, 2.45) is 0 Å². The highest BCUT2D eigenvalue weighted by atomic mass is 79.9. The zero-order valence-corrected chi connectivity index (χ0v) is 12.5. The van der Waals surface area contributed by atoms with Gasteiger partial charge in [-0.25, -0.2) is 0 Å². The Hall–Kier alpha value is -1.83. The lowest BCUT2D eigenvalue weighted by Crippen LogP contribution is -2.19. The molecule has 0 amide bonds. The third-order valence-corrected chi connectivity index (χ3v) is 3.51. The summed E-state index contributed by atoms with van der Waals surface area (Å²) in [4.78, 5) is 2.06. The second-order valence-corrected chi connectivity index (χ2v) is 5.24. The van der Waals surface area contributed by atoms with Gasteiger partial charge in [-0.1, -0.05) is 34.1 Å². The zero-order chi connectivity index (χ0) is 14.4. The van der Waals surface area contributed by atoms with Crippen molar-refractivity contribution < 1.29 is 5.11 Å². The molecule has 0 radical (unpaired) electrons. The van der Waals surface area contributed by atoms with Gasteiger partial charge in [0.1, 0.15) is 0 Å². The van der Waals surface area contributed by atoms with Crippen molar-refractivity contribution in [1.82, 2.24) is 0 Å². The largest absolute Gasteiger partial charge is 0.392 e. The molecule has 2 aromatic carbocycles. The molecule has 0 spiro atoms. The lowest BCUT2D eigenvalue weighted by atomic mass is 10.1. The molecule has 0 fully saturated rings. The van der Waals surface area contributed by atoms with E-state index in [1.165, 1.54) is 0 Å². The first-order valence-corrected chi connectivity index (χ1v) is 7.14. The van der Waals surface area contributed by atoms with Gasteiger partial charge < -0.3 is 10.0 Å². The van der Waals surface area contributed by atoms with E-state index in [1.807, 2.05) is 48.5 Å². The zero-order valence-electron chi connectivity index (χ0n) is 11.0. The summed E-state index contributed by atoms with van der Waals surface area (Å²) in [5.74, 6) is 0. The van der Waals surface area contributed by atoms with Crippen LogP contribution in [0.3, 0.4) is 0 Å². The van der Waals surface area contributed by atoms with Crippen molar-refractivity contribution in [3.8, 4) is 6.07 Å². The van der Waals surface area contributed by atoms with E-state index in [2.05, 4.69) is 26.9 Å². The molecule has 0 bridgehead atoms. The Morgan fingerprint density at radius 3 is 2.55 bits per heavy atom. The highest BCUT2D eigenvalue weighted by Gasteiger charge is 2.13. The van der Waals surface area contributed by atoms with Crippen LogP contribution in [0.15, 0.2) is 53.0 Å². The Balaban J connectivity index is 2.44. The number of hydrogen-bond donors (Lipinski definition) is 1. The molecule has 0 aliphatic heterocycles. The highest BCUT2D eigenvalue weighted by Crippen LogP contribution is 2.30. The number of nitrogens with zero attached hydrogens (tertiary/aromatic N) is 2. The van der Waals surface area contributed by atoms with Crippen LogP contribution in [0.1, 0.15) is 12.0 Å². The minimum Gasteiger partial charge on any atom is -0.392 e. The lowest BCUT2D eigenvalue weighted by molar-refractivity contribution is 0.282. The maximum Gasteiger partial charge on any atom is 0.0702 e. The summed E-state index contributed by atoms with van der Waals surface area (Å²) < 4.78 is 0.929. The van der Waals surface area contributed by atoms with Gasteiger partial charge in [0.2, 0.25) is 0 Å². The van der Waals surface area contributed by atoms with E-state index in [1.54, 1.807) is 0 Å². The van der Waals surface area contributed by atoms with Gasteiger partial charge >= 0.3 is 0 Å². The average molecular weight is 331 g/mol. The van der Waals surface area contributed by atoms with Crippen LogP contribution in [0.2, 0.25) is 0 Å². The number of halogens is 1. The number of aliphatic hydroxyl groups excluding tert-OH is 1. The fraction of sp³-hybridized carbons (Fsp3) is 0.188. The normalized spacial score (nSPS) is 10.1. The monoisotopic (exact) mass is 330 g/mol. The number of anilines is 2. The van der Waals surface area contributed by atoms with Crippen LogP contribution in [0.25, 0.3) is 0 Å². The Kier molecular flexibility index (Phi) is 5.16. The summed E-state index contributed by atoms with van der Waals surface area (Å²) in [5.41, 5.74) is 2.78. The van der Waals surface area contributed by atoms with Crippen LogP contribution >= 0.6 is 15.9 Å². The van der Waals surface area contributed by atoms with Gasteiger partial charge in [0, 0.05) is 28.0 Å². The van der Waals surface area contributed by atoms with Crippen LogP contribution in [0.5, 0.6) is 0 Å². The molecule has 0 saturated carbocycles. The summed E-state index contributed by atoms with van der Waals surface area (Å²) in [7, 11) is 0. The molecule has 0 unspecified atom stereocenters. The van der Waals surface area contributed by atoms with Crippen molar-refractivity contribution in [3.63, 3.8) is 0 Å². The topological polar surface area (TPSA) is 47.3 Å². The number of hydrogen-bond acceptors (Lipinski definition) is 3. The molecule has 1 N–H and O–H groups in total. The molecule has 3 nitrogen and oxygen atoms in total. The number of nitriles is 1. The highest BCUT2D eigenvalue weighted by molar-refractivity contribution is 9.10. The molecule has 0 aliphatic carbocycles. The predicted molar refractivity (Wildman–Crippen MR) is 83.7 cm³/mol. The van der Waals surface area contributed by atoms with Gasteiger partial charge in [0.25, 0.3) is 0 Å². The Morgan fingerprint density at radius 2 is 1.90 bits per heavy atom.